The van der Waals surface area contributed by atoms with Crippen molar-refractivity contribution >= 4 is 17.3 Å². The van der Waals surface area contributed by atoms with Gasteiger partial charge >= 0.3 is 0 Å². The molecule has 2 rings (SSSR count). The summed E-state index contributed by atoms with van der Waals surface area (Å²) in [5.41, 5.74) is 8.51. The van der Waals surface area contributed by atoms with E-state index in [1.807, 2.05) is 32.2 Å². The first-order chi connectivity index (χ1) is 7.58. The number of nitrogens with one attached hydrogen (secondary N) is 1. The fourth-order valence-electron chi connectivity index (χ4n) is 1.92. The molecule has 1 heterocycles. The van der Waals surface area contributed by atoms with Gasteiger partial charge in [-0.05, 0) is 37.1 Å². The number of nitrogen functional groups attached to an aromatic ring is 1. The number of nitrogens with zero attached hydrogens (tertiary/aromatic N) is 1. The molecule has 1 unspecified atom stereocenters. The van der Waals surface area contributed by atoms with Crippen LogP contribution in [0.5, 0.6) is 0 Å². The highest BCUT2D eigenvalue weighted by atomic mass is 16.2. The Kier molecular flexibility index (Phi) is 2.73. The van der Waals surface area contributed by atoms with Crippen LogP contribution in [-0.2, 0) is 4.79 Å². The third-order valence-corrected chi connectivity index (χ3v) is 3.04. The lowest BCUT2D eigenvalue weighted by molar-refractivity contribution is -0.127. The van der Waals surface area contributed by atoms with Crippen molar-refractivity contribution in [1.82, 2.24) is 4.90 Å². The number of likely N-dealkylation sites (tertiary alicyclic amines) is 1. The van der Waals surface area contributed by atoms with Crippen molar-refractivity contribution in [1.29, 1.82) is 0 Å². The second kappa shape index (κ2) is 4.04. The maximum Gasteiger partial charge on any atom is 0.244 e. The molecule has 0 spiro atoms. The normalized spacial score (nSPS) is 20.2. The number of aryl methyl sites for hydroxylation is 1. The molecular weight excluding hydrogens is 202 g/mol. The topological polar surface area (TPSA) is 58.4 Å². The molecular formula is C12H17N3O. The Morgan fingerprint density at radius 1 is 1.50 bits per heavy atom. The molecule has 0 aliphatic carbocycles. The van der Waals surface area contributed by atoms with Crippen LogP contribution in [0.25, 0.3) is 0 Å². The number of carbonyl (C=O) groups excluding carboxylic acids is 1. The van der Waals surface area contributed by atoms with Crippen molar-refractivity contribution in [2.45, 2.75) is 19.4 Å². The van der Waals surface area contributed by atoms with Gasteiger partial charge in [0.2, 0.25) is 5.91 Å². The number of carbonyl (C=O) groups is 1. The van der Waals surface area contributed by atoms with Gasteiger partial charge < -0.3 is 16.0 Å². The molecule has 1 fully saturated rings. The van der Waals surface area contributed by atoms with Gasteiger partial charge in [-0.3, -0.25) is 4.79 Å². The molecule has 1 aliphatic rings. The summed E-state index contributed by atoms with van der Waals surface area (Å²) in [6.07, 6.45) is 0.860. The first-order valence-corrected chi connectivity index (χ1v) is 5.45. The summed E-state index contributed by atoms with van der Waals surface area (Å²) >= 11 is 0. The molecule has 1 aromatic carbocycles. The zero-order valence-electron chi connectivity index (χ0n) is 9.66. The lowest BCUT2D eigenvalue weighted by Crippen LogP contribution is -2.30. The maximum atomic E-state index is 11.7. The minimum atomic E-state index is -0.0898. The van der Waals surface area contributed by atoms with E-state index in [1.165, 1.54) is 0 Å². The van der Waals surface area contributed by atoms with E-state index in [0.717, 1.165) is 29.9 Å². The monoisotopic (exact) mass is 219 g/mol. The van der Waals surface area contributed by atoms with Crippen molar-refractivity contribution < 1.29 is 4.79 Å². The molecule has 4 nitrogen and oxygen atoms in total. The van der Waals surface area contributed by atoms with Crippen LogP contribution in [0.2, 0.25) is 0 Å². The van der Waals surface area contributed by atoms with Crippen molar-refractivity contribution in [3.63, 3.8) is 0 Å². The highest BCUT2D eigenvalue weighted by Gasteiger charge is 2.28. The molecule has 1 amide bonds. The number of nitrogens with two attached hydrogens (primary N) is 1. The van der Waals surface area contributed by atoms with Crippen LogP contribution in [0.15, 0.2) is 18.2 Å². The zero-order valence-corrected chi connectivity index (χ0v) is 9.66. The number of hydrogen-bond acceptors (Lipinski definition) is 3. The van der Waals surface area contributed by atoms with Crippen LogP contribution in [0.4, 0.5) is 11.4 Å². The van der Waals surface area contributed by atoms with Crippen LogP contribution >= 0.6 is 0 Å². The van der Waals surface area contributed by atoms with Crippen LogP contribution in [-0.4, -0.2) is 30.4 Å². The van der Waals surface area contributed by atoms with E-state index in [0.29, 0.717) is 0 Å². The lowest BCUT2D eigenvalue weighted by atomic mass is 10.1. The molecule has 3 N–H and O–H groups in total. The summed E-state index contributed by atoms with van der Waals surface area (Å²) < 4.78 is 0. The average molecular weight is 219 g/mol. The van der Waals surface area contributed by atoms with E-state index in [1.54, 1.807) is 4.90 Å². The maximum absolute atomic E-state index is 11.7. The molecule has 1 atom stereocenters. The second-order valence-electron chi connectivity index (χ2n) is 4.32. The van der Waals surface area contributed by atoms with Gasteiger partial charge in [-0.1, -0.05) is 0 Å². The van der Waals surface area contributed by atoms with Gasteiger partial charge in [-0.2, -0.15) is 0 Å². The summed E-state index contributed by atoms with van der Waals surface area (Å²) in [7, 11) is 1.83. The standard InChI is InChI=1S/C12H17N3O/c1-8-7-9(3-4-10(8)13)14-11-5-6-15(2)12(11)16/h3-4,7,11,14H,5-6,13H2,1-2H3. The summed E-state index contributed by atoms with van der Waals surface area (Å²) in [5.74, 6) is 0.162. The summed E-state index contributed by atoms with van der Waals surface area (Å²) in [4.78, 5) is 13.5. The van der Waals surface area contributed by atoms with Gasteiger partial charge in [0.05, 0.1) is 0 Å². The Balaban J connectivity index is 2.10. The minimum absolute atomic E-state index is 0.0898. The first kappa shape index (κ1) is 10.8. The Hall–Kier alpha value is -1.71. The van der Waals surface area contributed by atoms with E-state index in [2.05, 4.69) is 5.32 Å². The molecule has 1 aromatic rings. The van der Waals surface area contributed by atoms with Crippen molar-refractivity contribution in [3.8, 4) is 0 Å². The largest absolute Gasteiger partial charge is 0.399 e. The van der Waals surface area contributed by atoms with E-state index < -0.39 is 0 Å². The van der Waals surface area contributed by atoms with E-state index >= 15 is 0 Å². The fourth-order valence-corrected chi connectivity index (χ4v) is 1.92. The minimum Gasteiger partial charge on any atom is -0.399 e. The Labute approximate surface area is 95.4 Å². The number of anilines is 2. The smallest absolute Gasteiger partial charge is 0.244 e. The van der Waals surface area contributed by atoms with Gasteiger partial charge in [-0.25, -0.2) is 0 Å². The van der Waals surface area contributed by atoms with Crippen LogP contribution in [0.1, 0.15) is 12.0 Å². The third kappa shape index (κ3) is 1.96. The van der Waals surface area contributed by atoms with Gasteiger partial charge in [0.15, 0.2) is 0 Å². The molecule has 0 saturated carbocycles. The summed E-state index contributed by atoms with van der Waals surface area (Å²) in [6.45, 7) is 2.79. The lowest BCUT2D eigenvalue weighted by Gasteiger charge is -2.14. The van der Waals surface area contributed by atoms with Gasteiger partial charge in [0.1, 0.15) is 6.04 Å². The third-order valence-electron chi connectivity index (χ3n) is 3.04. The molecule has 0 aromatic heterocycles. The van der Waals surface area contributed by atoms with Crippen LogP contribution < -0.4 is 11.1 Å². The SMILES string of the molecule is Cc1cc(NC2CCN(C)C2=O)ccc1N. The Morgan fingerprint density at radius 2 is 2.25 bits per heavy atom. The Bertz CT molecular complexity index is 417. The molecule has 16 heavy (non-hydrogen) atoms. The average Bonchev–Trinajstić information content (AvgIpc) is 2.55. The number of benzene rings is 1. The molecule has 86 valence electrons. The molecule has 4 heteroatoms. The first-order valence-electron chi connectivity index (χ1n) is 5.45. The highest BCUT2D eigenvalue weighted by molar-refractivity contribution is 5.86. The van der Waals surface area contributed by atoms with E-state index in [9.17, 15) is 4.79 Å². The van der Waals surface area contributed by atoms with Crippen molar-refractivity contribution in [2.24, 2.45) is 0 Å². The van der Waals surface area contributed by atoms with Crippen molar-refractivity contribution in [2.75, 3.05) is 24.6 Å². The van der Waals surface area contributed by atoms with Gasteiger partial charge in [-0.15, -0.1) is 0 Å². The summed E-state index contributed by atoms with van der Waals surface area (Å²) in [5, 5.41) is 3.24. The number of hydrogen-bond donors (Lipinski definition) is 2. The molecule has 0 bridgehead atoms. The van der Waals surface area contributed by atoms with Gasteiger partial charge in [0.25, 0.3) is 0 Å². The number of likely N-dealkylation sites (N-methyl/N-ethyl adjacent to an activating group) is 1. The Morgan fingerprint density at radius 3 is 2.81 bits per heavy atom. The van der Waals surface area contributed by atoms with Crippen LogP contribution in [0, 0.1) is 6.92 Å². The quantitative estimate of drug-likeness (QED) is 0.735. The molecule has 1 aliphatic heterocycles. The van der Waals surface area contributed by atoms with Gasteiger partial charge in [0, 0.05) is 25.0 Å². The molecule has 1 saturated heterocycles. The van der Waals surface area contributed by atoms with E-state index in [4.69, 9.17) is 5.73 Å². The van der Waals surface area contributed by atoms with Crippen LogP contribution in [0.3, 0.4) is 0 Å². The predicted molar refractivity (Wildman–Crippen MR) is 65.3 cm³/mol. The number of amides is 1. The predicted octanol–water partition coefficient (Wildman–Crippen LogP) is 1.22. The number of rotatable bonds is 2. The summed E-state index contributed by atoms with van der Waals surface area (Å²) in [6, 6.07) is 5.66. The van der Waals surface area contributed by atoms with E-state index in [-0.39, 0.29) is 11.9 Å². The second-order valence-corrected chi connectivity index (χ2v) is 4.32. The fraction of sp³-hybridized carbons (Fsp3) is 0.417. The molecule has 0 radical (unpaired) electrons. The van der Waals surface area contributed by atoms with Crippen molar-refractivity contribution in [3.05, 3.63) is 23.8 Å². The highest BCUT2D eigenvalue weighted by Crippen LogP contribution is 2.20. The zero-order chi connectivity index (χ0) is 11.7.